The van der Waals surface area contributed by atoms with Crippen molar-refractivity contribution in [3.8, 4) is 0 Å². The number of piperidine rings is 1. The first-order chi connectivity index (χ1) is 10.7. The fraction of sp³-hybridized carbons (Fsp3) is 0.429. The van der Waals surface area contributed by atoms with E-state index >= 15 is 0 Å². The molecule has 1 aliphatic heterocycles. The maximum absolute atomic E-state index is 2.57. The maximum Gasteiger partial charge on any atom is 0.0395 e. The molecule has 0 aromatic heterocycles. The van der Waals surface area contributed by atoms with Crippen LogP contribution in [0.1, 0.15) is 36.0 Å². The van der Waals surface area contributed by atoms with Crippen LogP contribution in [0.3, 0.4) is 0 Å². The van der Waals surface area contributed by atoms with Crippen molar-refractivity contribution in [3.05, 3.63) is 65.2 Å². The summed E-state index contributed by atoms with van der Waals surface area (Å²) in [5.41, 5.74) is 5.81. The highest BCUT2D eigenvalue weighted by Crippen LogP contribution is 2.28. The average molecular weight is 293 g/mol. The number of hydrogen-bond donors (Lipinski definition) is 0. The van der Waals surface area contributed by atoms with Gasteiger partial charge in [-0.1, -0.05) is 42.5 Å². The van der Waals surface area contributed by atoms with Crippen LogP contribution in [0.5, 0.6) is 0 Å². The summed E-state index contributed by atoms with van der Waals surface area (Å²) in [6.07, 6.45) is 5.24. The molecule has 0 radical (unpaired) electrons. The van der Waals surface area contributed by atoms with Crippen molar-refractivity contribution in [3.63, 3.8) is 0 Å². The molecule has 1 aliphatic rings. The Hall–Kier alpha value is -1.76. The molecule has 1 heterocycles. The van der Waals surface area contributed by atoms with Crippen molar-refractivity contribution in [2.45, 2.75) is 39.5 Å². The number of anilines is 1. The van der Waals surface area contributed by atoms with Crippen LogP contribution in [0.25, 0.3) is 0 Å². The Kier molecular flexibility index (Phi) is 4.82. The monoisotopic (exact) mass is 293 g/mol. The van der Waals surface area contributed by atoms with E-state index in [0.29, 0.717) is 0 Å². The summed E-state index contributed by atoms with van der Waals surface area (Å²) < 4.78 is 0. The molecule has 0 bridgehead atoms. The van der Waals surface area contributed by atoms with Crippen molar-refractivity contribution in [1.29, 1.82) is 0 Å². The fourth-order valence-electron chi connectivity index (χ4n) is 3.63. The smallest absolute Gasteiger partial charge is 0.0395 e. The molecular weight excluding hydrogens is 266 g/mol. The Balaban J connectivity index is 1.52. The summed E-state index contributed by atoms with van der Waals surface area (Å²) in [5, 5.41) is 0. The molecule has 0 unspecified atom stereocenters. The zero-order valence-corrected chi connectivity index (χ0v) is 13.9. The summed E-state index contributed by atoms with van der Waals surface area (Å²) in [5.74, 6) is 0.889. The highest BCUT2D eigenvalue weighted by atomic mass is 15.1. The molecule has 0 saturated carbocycles. The molecular formula is C21H27N. The maximum atomic E-state index is 2.57. The number of hydrogen-bond acceptors (Lipinski definition) is 1. The minimum absolute atomic E-state index is 0.889. The zero-order chi connectivity index (χ0) is 15.4. The third-order valence-corrected chi connectivity index (χ3v) is 5.15. The average Bonchev–Trinajstić information content (AvgIpc) is 2.55. The lowest BCUT2D eigenvalue weighted by atomic mass is 9.89. The van der Waals surface area contributed by atoms with E-state index in [2.05, 4.69) is 67.3 Å². The van der Waals surface area contributed by atoms with Crippen molar-refractivity contribution >= 4 is 5.69 Å². The Labute approximate surface area is 135 Å². The van der Waals surface area contributed by atoms with Crippen LogP contribution in [0.2, 0.25) is 0 Å². The van der Waals surface area contributed by atoms with Crippen LogP contribution in [0.15, 0.2) is 48.5 Å². The van der Waals surface area contributed by atoms with E-state index < -0.39 is 0 Å². The predicted molar refractivity (Wildman–Crippen MR) is 95.6 cm³/mol. The first-order valence-electron chi connectivity index (χ1n) is 8.59. The zero-order valence-electron chi connectivity index (χ0n) is 13.9. The lowest BCUT2D eigenvalue weighted by Gasteiger charge is -2.34. The summed E-state index contributed by atoms with van der Waals surface area (Å²) in [6.45, 7) is 6.88. The molecule has 22 heavy (non-hydrogen) atoms. The van der Waals surface area contributed by atoms with Crippen LogP contribution < -0.4 is 4.90 Å². The number of rotatable bonds is 4. The highest BCUT2D eigenvalue weighted by molar-refractivity contribution is 5.53. The molecule has 1 fully saturated rings. The molecule has 0 aliphatic carbocycles. The molecule has 1 saturated heterocycles. The van der Waals surface area contributed by atoms with Gasteiger partial charge in [0, 0.05) is 18.8 Å². The third-order valence-electron chi connectivity index (χ3n) is 5.15. The Morgan fingerprint density at radius 2 is 1.50 bits per heavy atom. The van der Waals surface area contributed by atoms with E-state index in [1.54, 1.807) is 0 Å². The molecule has 0 spiro atoms. The second-order valence-electron chi connectivity index (χ2n) is 6.68. The molecule has 0 N–H and O–H groups in total. The van der Waals surface area contributed by atoms with Gasteiger partial charge in [-0.05, 0) is 68.2 Å². The second kappa shape index (κ2) is 7.00. The Morgan fingerprint density at radius 3 is 2.18 bits per heavy atom. The van der Waals surface area contributed by atoms with Gasteiger partial charge < -0.3 is 4.90 Å². The number of nitrogens with zero attached hydrogens (tertiary/aromatic N) is 1. The molecule has 3 rings (SSSR count). The van der Waals surface area contributed by atoms with E-state index in [0.717, 1.165) is 5.92 Å². The van der Waals surface area contributed by atoms with Gasteiger partial charge in [-0.3, -0.25) is 0 Å². The summed E-state index contributed by atoms with van der Waals surface area (Å²) >= 11 is 0. The quantitative estimate of drug-likeness (QED) is 0.753. The molecule has 0 amide bonds. The van der Waals surface area contributed by atoms with E-state index in [-0.39, 0.29) is 0 Å². The highest BCUT2D eigenvalue weighted by Gasteiger charge is 2.20. The molecule has 2 aromatic rings. The second-order valence-corrected chi connectivity index (χ2v) is 6.68. The van der Waals surface area contributed by atoms with Crippen LogP contribution >= 0.6 is 0 Å². The predicted octanol–water partition coefficient (Wildman–Crippen LogP) is 5.15. The number of aryl methyl sites for hydroxylation is 3. The van der Waals surface area contributed by atoms with E-state index in [1.807, 2.05) is 0 Å². The van der Waals surface area contributed by atoms with E-state index in [4.69, 9.17) is 0 Å². The number of benzene rings is 2. The fourth-order valence-corrected chi connectivity index (χ4v) is 3.63. The first kappa shape index (κ1) is 15.1. The lowest BCUT2D eigenvalue weighted by molar-refractivity contribution is 0.381. The van der Waals surface area contributed by atoms with E-state index in [1.165, 1.54) is 61.2 Å². The molecule has 1 heteroatoms. The van der Waals surface area contributed by atoms with Crippen LogP contribution in [0.4, 0.5) is 5.69 Å². The van der Waals surface area contributed by atoms with Crippen LogP contribution in [0, 0.1) is 19.8 Å². The normalized spacial score (nSPS) is 16.0. The van der Waals surface area contributed by atoms with Crippen molar-refractivity contribution < 1.29 is 0 Å². The van der Waals surface area contributed by atoms with Crippen LogP contribution in [-0.2, 0) is 6.42 Å². The van der Waals surface area contributed by atoms with Gasteiger partial charge in [-0.25, -0.2) is 0 Å². The van der Waals surface area contributed by atoms with Gasteiger partial charge in [-0.15, -0.1) is 0 Å². The van der Waals surface area contributed by atoms with Crippen LogP contribution in [-0.4, -0.2) is 13.1 Å². The van der Waals surface area contributed by atoms with E-state index in [9.17, 15) is 0 Å². The third kappa shape index (κ3) is 3.52. The lowest BCUT2D eigenvalue weighted by Crippen LogP contribution is -2.34. The Morgan fingerprint density at radius 1 is 0.864 bits per heavy atom. The van der Waals surface area contributed by atoms with Gasteiger partial charge in [0.05, 0.1) is 0 Å². The minimum Gasteiger partial charge on any atom is -0.371 e. The van der Waals surface area contributed by atoms with Gasteiger partial charge in [-0.2, -0.15) is 0 Å². The Bertz CT molecular complexity index is 609. The van der Waals surface area contributed by atoms with Crippen molar-refractivity contribution in [2.24, 2.45) is 5.92 Å². The molecule has 1 nitrogen and oxygen atoms in total. The summed E-state index contributed by atoms with van der Waals surface area (Å²) in [7, 11) is 0. The minimum atomic E-state index is 0.889. The first-order valence-corrected chi connectivity index (χ1v) is 8.59. The molecule has 2 aromatic carbocycles. The van der Waals surface area contributed by atoms with Gasteiger partial charge >= 0.3 is 0 Å². The molecule has 0 atom stereocenters. The SMILES string of the molecule is Cc1ccccc1CCC1CCN(c2ccccc2C)CC1. The summed E-state index contributed by atoms with van der Waals surface area (Å²) in [6, 6.07) is 17.6. The largest absolute Gasteiger partial charge is 0.371 e. The standard InChI is InChI=1S/C21H27N/c1-17-7-3-5-9-20(17)12-11-19-13-15-22(16-14-19)21-10-6-4-8-18(21)2/h3-10,19H,11-16H2,1-2H3. The topological polar surface area (TPSA) is 3.24 Å². The number of para-hydroxylation sites is 1. The van der Waals surface area contributed by atoms with Crippen molar-refractivity contribution in [1.82, 2.24) is 0 Å². The van der Waals surface area contributed by atoms with Crippen molar-refractivity contribution in [2.75, 3.05) is 18.0 Å². The molecule has 116 valence electrons. The van der Waals surface area contributed by atoms with Gasteiger partial charge in [0.1, 0.15) is 0 Å². The van der Waals surface area contributed by atoms with Gasteiger partial charge in [0.2, 0.25) is 0 Å². The van der Waals surface area contributed by atoms with Gasteiger partial charge in [0.15, 0.2) is 0 Å². The summed E-state index contributed by atoms with van der Waals surface area (Å²) in [4.78, 5) is 2.57. The van der Waals surface area contributed by atoms with Gasteiger partial charge in [0.25, 0.3) is 0 Å².